The second kappa shape index (κ2) is 18.4. The molecule has 0 saturated carbocycles. The van der Waals surface area contributed by atoms with Crippen LogP contribution in [0.25, 0.3) is 0 Å². The van der Waals surface area contributed by atoms with E-state index in [9.17, 15) is 0 Å². The molecule has 2 atom stereocenters. The van der Waals surface area contributed by atoms with Crippen LogP contribution in [-0.2, 0) is 20.9 Å². The molecule has 0 aromatic heterocycles. The Morgan fingerprint density at radius 1 is 0.826 bits per heavy atom. The maximum Gasteiger partial charge on any atom is 0.244 e. The molecular weight excluding hydrogens is 383 g/mol. The van der Waals surface area contributed by atoms with E-state index >= 15 is 0 Å². The second-order valence-corrected chi connectivity index (χ2v) is 11.2. The lowest BCUT2D eigenvalue weighted by molar-refractivity contribution is 0.189. The molecule has 2 unspecified atom stereocenters. The fraction of sp³-hybridized carbons (Fsp3) is 1.00. The van der Waals surface area contributed by atoms with E-state index < -0.39 is 5.69 Å². The highest BCUT2D eigenvalue weighted by atomic mass is 32.9. The first-order valence-corrected chi connectivity index (χ1v) is 12.4. The van der Waals surface area contributed by atoms with E-state index in [4.69, 9.17) is 20.9 Å². The largest absolute Gasteiger partial charge is 0.322 e. The summed E-state index contributed by atoms with van der Waals surface area (Å²) < 4.78 is 11.7. The molecule has 2 nitrogen and oxygen atoms in total. The molecule has 0 radical (unpaired) electrons. The molecule has 7 heteroatoms. The van der Waals surface area contributed by atoms with Gasteiger partial charge in [-0.15, -0.1) is 0 Å². The fourth-order valence-electron chi connectivity index (χ4n) is 2.23. The number of hydrogen-bond acceptors (Lipinski definition) is 3. The van der Waals surface area contributed by atoms with E-state index in [2.05, 4.69) is 39.9 Å². The van der Waals surface area contributed by atoms with Crippen molar-refractivity contribution in [2.45, 2.75) is 79.1 Å². The predicted molar refractivity (Wildman–Crippen MR) is 123 cm³/mol. The Bertz CT molecular complexity index is 269. The molecule has 0 saturated heterocycles. The molecule has 0 spiro atoms. The zero-order chi connectivity index (χ0) is 16.1. The molecule has 0 fully saturated rings. The van der Waals surface area contributed by atoms with Crippen molar-refractivity contribution in [3.8, 4) is 0 Å². The van der Waals surface area contributed by atoms with E-state index in [1.807, 2.05) is 0 Å². The number of hydrogen-bond donors (Lipinski definition) is 1. The van der Waals surface area contributed by atoms with E-state index in [0.717, 1.165) is 12.8 Å². The first-order valence-electron chi connectivity index (χ1n) is 8.60. The summed E-state index contributed by atoms with van der Waals surface area (Å²) >= 11 is 9.91. The summed E-state index contributed by atoms with van der Waals surface area (Å²) in [4.78, 5) is 0. The van der Waals surface area contributed by atoms with Crippen molar-refractivity contribution in [3.05, 3.63) is 0 Å². The molecule has 0 aliphatic heterocycles. The molecule has 0 bridgehead atoms. The quantitative estimate of drug-likeness (QED) is 0.244. The van der Waals surface area contributed by atoms with Crippen LogP contribution in [0.4, 0.5) is 0 Å². The van der Waals surface area contributed by atoms with Gasteiger partial charge in [-0.05, 0) is 36.5 Å². The number of unbranched alkanes of at least 4 members (excludes halogenated alkanes) is 2. The SMILES string of the molecule is CCCCC(CC)COP(=S)(S)OCC(CC)CCCC.S.S. The predicted octanol–water partition coefficient (Wildman–Crippen LogP) is 6.83. The standard InChI is InChI=1S/C16H35O2PS2.2H2S/c1-5-9-11-15(7-3)13-17-19(20,21)18-14-16(8-4)12-10-6-2;;/h15-16H,5-14H2,1-4H3,(H,20,21);2*1H2. The third kappa shape index (κ3) is 16.8. The first kappa shape index (κ1) is 29.4. The molecule has 0 N–H and O–H groups in total. The van der Waals surface area contributed by atoms with Crippen molar-refractivity contribution < 1.29 is 9.05 Å². The highest BCUT2D eigenvalue weighted by Gasteiger charge is 2.18. The van der Waals surface area contributed by atoms with Crippen LogP contribution in [0, 0.1) is 11.8 Å². The van der Waals surface area contributed by atoms with Gasteiger partial charge in [-0.1, -0.05) is 78.5 Å². The molecular formula is C16H39O2PS4. The molecule has 0 aliphatic carbocycles. The van der Waals surface area contributed by atoms with Gasteiger partial charge in [0.1, 0.15) is 0 Å². The topological polar surface area (TPSA) is 18.5 Å². The Balaban J connectivity index is -0.00000200. The average molecular weight is 423 g/mol. The molecule has 23 heavy (non-hydrogen) atoms. The van der Waals surface area contributed by atoms with Gasteiger partial charge in [0.2, 0.25) is 5.69 Å². The minimum atomic E-state index is -2.36. The van der Waals surface area contributed by atoms with Crippen molar-refractivity contribution in [1.82, 2.24) is 0 Å². The van der Waals surface area contributed by atoms with Crippen molar-refractivity contribution in [2.75, 3.05) is 13.2 Å². The van der Waals surface area contributed by atoms with E-state index in [1.165, 1.54) is 38.5 Å². The average Bonchev–Trinajstić information content (AvgIpc) is 2.47. The van der Waals surface area contributed by atoms with E-state index in [0.29, 0.717) is 25.0 Å². The molecule has 0 aromatic rings. The number of thiol groups is 1. The van der Waals surface area contributed by atoms with Crippen LogP contribution in [0.5, 0.6) is 0 Å². The van der Waals surface area contributed by atoms with Crippen LogP contribution in [0.1, 0.15) is 79.1 Å². The van der Waals surface area contributed by atoms with Gasteiger partial charge in [-0.2, -0.15) is 27.0 Å². The van der Waals surface area contributed by atoms with Crippen molar-refractivity contribution in [3.63, 3.8) is 0 Å². The van der Waals surface area contributed by atoms with Crippen molar-refractivity contribution in [1.29, 1.82) is 0 Å². The lowest BCUT2D eigenvalue weighted by Crippen LogP contribution is -2.10. The normalized spacial score (nSPS) is 15.9. The maximum atomic E-state index is 5.85. The summed E-state index contributed by atoms with van der Waals surface area (Å²) in [5, 5.41) is 0. The molecule has 144 valence electrons. The minimum Gasteiger partial charge on any atom is -0.322 e. The highest BCUT2D eigenvalue weighted by Crippen LogP contribution is 2.54. The highest BCUT2D eigenvalue weighted by molar-refractivity contribution is 8.60. The van der Waals surface area contributed by atoms with Gasteiger partial charge >= 0.3 is 0 Å². The molecule has 0 aromatic carbocycles. The van der Waals surface area contributed by atoms with Gasteiger partial charge < -0.3 is 9.05 Å². The molecule has 0 rings (SSSR count). The summed E-state index contributed by atoms with van der Waals surface area (Å²) in [6.07, 6.45) is 9.68. The van der Waals surface area contributed by atoms with E-state index in [-0.39, 0.29) is 27.0 Å². The molecule has 0 aliphatic rings. The summed E-state index contributed by atoms with van der Waals surface area (Å²) in [5.74, 6) is 1.18. The van der Waals surface area contributed by atoms with Crippen LogP contribution in [0.2, 0.25) is 0 Å². The van der Waals surface area contributed by atoms with Crippen LogP contribution >= 0.6 is 44.9 Å². The Morgan fingerprint density at radius 3 is 1.43 bits per heavy atom. The first-order chi connectivity index (χ1) is 9.99. The minimum absolute atomic E-state index is 0. The lowest BCUT2D eigenvalue weighted by Gasteiger charge is -2.23. The monoisotopic (exact) mass is 422 g/mol. The fourth-order valence-corrected chi connectivity index (χ4v) is 3.87. The Labute approximate surface area is 169 Å². The third-order valence-corrected chi connectivity index (χ3v) is 6.31. The number of rotatable bonds is 14. The molecule has 0 amide bonds. The van der Waals surface area contributed by atoms with Crippen molar-refractivity contribution >= 4 is 56.7 Å². The third-order valence-electron chi connectivity index (χ3n) is 4.03. The smallest absolute Gasteiger partial charge is 0.244 e. The Hall–Kier alpha value is 1.62. The second-order valence-electron chi connectivity index (χ2n) is 5.89. The van der Waals surface area contributed by atoms with Crippen LogP contribution in [0.15, 0.2) is 0 Å². The van der Waals surface area contributed by atoms with Crippen LogP contribution in [0.3, 0.4) is 0 Å². The zero-order valence-electron chi connectivity index (χ0n) is 15.3. The lowest BCUT2D eigenvalue weighted by atomic mass is 10.0. The zero-order valence-corrected chi connectivity index (χ0v) is 20.0. The van der Waals surface area contributed by atoms with Crippen LogP contribution < -0.4 is 0 Å². The van der Waals surface area contributed by atoms with Gasteiger partial charge in [0.05, 0.1) is 13.2 Å². The molecule has 0 heterocycles. The van der Waals surface area contributed by atoms with Gasteiger partial charge in [-0.3, -0.25) is 0 Å². The van der Waals surface area contributed by atoms with Gasteiger partial charge in [0.15, 0.2) is 0 Å². The summed E-state index contributed by atoms with van der Waals surface area (Å²) in [6.45, 7) is 10.3. The van der Waals surface area contributed by atoms with Crippen LogP contribution in [-0.4, -0.2) is 13.2 Å². The summed E-state index contributed by atoms with van der Waals surface area (Å²) in [7, 11) is 0. The van der Waals surface area contributed by atoms with Gasteiger partial charge in [-0.25, -0.2) is 0 Å². The Kier molecular flexibility index (Phi) is 23.5. The van der Waals surface area contributed by atoms with E-state index in [1.54, 1.807) is 0 Å². The summed E-state index contributed by atoms with van der Waals surface area (Å²) in [5.41, 5.74) is -2.36. The van der Waals surface area contributed by atoms with Crippen molar-refractivity contribution in [2.24, 2.45) is 11.8 Å². The summed E-state index contributed by atoms with van der Waals surface area (Å²) in [6, 6.07) is 0. The van der Waals surface area contributed by atoms with Gasteiger partial charge in [0.25, 0.3) is 0 Å². The van der Waals surface area contributed by atoms with Gasteiger partial charge in [0, 0.05) is 0 Å². The Morgan fingerprint density at radius 2 is 1.17 bits per heavy atom. The maximum absolute atomic E-state index is 5.85.